The van der Waals surface area contributed by atoms with Crippen molar-refractivity contribution in [3.63, 3.8) is 0 Å². The molecule has 1 amide bonds. The van der Waals surface area contributed by atoms with Gasteiger partial charge < -0.3 is 9.47 Å². The molecule has 148 valence electrons. The molecule has 0 aromatic carbocycles. The van der Waals surface area contributed by atoms with Crippen LogP contribution in [0.2, 0.25) is 0 Å². The monoisotopic (exact) mass is 397 g/mol. The fourth-order valence-electron chi connectivity index (χ4n) is 3.63. The Balaban J connectivity index is 2.03. The lowest BCUT2D eigenvalue weighted by Crippen LogP contribution is -2.44. The number of amides is 1. The van der Waals surface area contributed by atoms with E-state index in [0.29, 0.717) is 13.0 Å². The van der Waals surface area contributed by atoms with Crippen LogP contribution in [0.3, 0.4) is 0 Å². The van der Waals surface area contributed by atoms with Crippen LogP contribution in [0.5, 0.6) is 0 Å². The number of likely N-dealkylation sites (N-methyl/N-ethyl adjacent to an activating group) is 1. The molecule has 1 fully saturated rings. The minimum Gasteiger partial charge on any atom is -0.337 e. The molecule has 11 heteroatoms. The quantitative estimate of drug-likeness (QED) is 0.655. The number of imidazole rings is 1. The second-order valence-electron chi connectivity index (χ2n) is 6.89. The highest BCUT2D eigenvalue weighted by atomic mass is 32.2. The van der Waals surface area contributed by atoms with Gasteiger partial charge in [-0.3, -0.25) is 18.7 Å². The third-order valence-electron chi connectivity index (χ3n) is 5.22. The maximum atomic E-state index is 13.1. The summed E-state index contributed by atoms with van der Waals surface area (Å²) in [5, 5.41) is 0. The number of hydrogen-bond donors (Lipinski definition) is 0. The molecule has 10 nitrogen and oxygen atoms in total. The molecule has 0 aliphatic carbocycles. The molecular formula is C16H23N5O5S. The number of fused-ring (bicyclic) bond motifs is 1. The number of carbonyl (C=O) groups excluding carboxylic acids is 1. The van der Waals surface area contributed by atoms with E-state index in [2.05, 4.69) is 4.98 Å². The molecule has 27 heavy (non-hydrogen) atoms. The summed E-state index contributed by atoms with van der Waals surface area (Å²) >= 11 is 0. The smallest absolute Gasteiger partial charge is 0.332 e. The van der Waals surface area contributed by atoms with Gasteiger partial charge in [0.05, 0.1) is 17.8 Å². The van der Waals surface area contributed by atoms with E-state index in [1.165, 1.54) is 29.6 Å². The first kappa shape index (κ1) is 19.3. The normalized spacial score (nSPS) is 20.1. The Hall–Kier alpha value is -2.43. The van der Waals surface area contributed by atoms with Crippen LogP contribution in [0, 0.1) is 0 Å². The van der Waals surface area contributed by atoms with Crippen LogP contribution < -0.4 is 11.2 Å². The summed E-state index contributed by atoms with van der Waals surface area (Å²) in [5.74, 6) is -0.248. The molecule has 1 saturated heterocycles. The summed E-state index contributed by atoms with van der Waals surface area (Å²) in [6, 6.07) is -1.12. The van der Waals surface area contributed by atoms with Crippen molar-refractivity contribution in [2.75, 3.05) is 18.1 Å². The topological polar surface area (TPSA) is 116 Å². The van der Waals surface area contributed by atoms with Crippen molar-refractivity contribution in [1.29, 1.82) is 0 Å². The van der Waals surface area contributed by atoms with Gasteiger partial charge in [-0.25, -0.2) is 18.2 Å². The van der Waals surface area contributed by atoms with Crippen LogP contribution in [0.1, 0.15) is 26.3 Å². The van der Waals surface area contributed by atoms with Crippen LogP contribution in [-0.4, -0.2) is 62.0 Å². The van der Waals surface area contributed by atoms with Crippen molar-refractivity contribution in [2.45, 2.75) is 32.4 Å². The Morgan fingerprint density at radius 1 is 1.33 bits per heavy atom. The molecule has 0 spiro atoms. The average molecular weight is 397 g/mol. The molecule has 0 bridgehead atoms. The molecule has 1 aliphatic heterocycles. The fraction of sp³-hybridized carbons (Fsp3) is 0.625. The first-order chi connectivity index (χ1) is 12.6. The number of rotatable bonds is 4. The summed E-state index contributed by atoms with van der Waals surface area (Å²) in [6.45, 7) is 3.80. The standard InChI is InChI=1S/C16H23N5O5S/c1-5-20(11-6-7-27(25,26)8-11)14(22)10(2)21-9-17-13-12(21)15(23)19(4)16(24)18(13)3/h9-11H,5-8H2,1-4H3/t10-,11-/m0/s1. The maximum Gasteiger partial charge on any atom is 0.332 e. The average Bonchev–Trinajstić information content (AvgIpc) is 3.21. The van der Waals surface area contributed by atoms with E-state index in [4.69, 9.17) is 0 Å². The molecule has 2 aromatic heterocycles. The molecule has 0 N–H and O–H groups in total. The van der Waals surface area contributed by atoms with Gasteiger partial charge in [0.25, 0.3) is 5.56 Å². The molecule has 0 radical (unpaired) electrons. The van der Waals surface area contributed by atoms with Gasteiger partial charge in [-0.05, 0) is 20.3 Å². The highest BCUT2D eigenvalue weighted by molar-refractivity contribution is 7.91. The first-order valence-electron chi connectivity index (χ1n) is 8.72. The van der Waals surface area contributed by atoms with Crippen LogP contribution in [-0.2, 0) is 28.7 Å². The third kappa shape index (κ3) is 3.09. The Bertz CT molecular complexity index is 1130. The van der Waals surface area contributed by atoms with E-state index in [0.717, 1.165) is 4.57 Å². The molecule has 2 aromatic rings. The summed E-state index contributed by atoms with van der Waals surface area (Å²) in [6.07, 6.45) is 1.78. The number of hydrogen-bond acceptors (Lipinski definition) is 6. The first-order valence-corrected chi connectivity index (χ1v) is 10.5. The Morgan fingerprint density at radius 2 is 2.00 bits per heavy atom. The van der Waals surface area contributed by atoms with Crippen molar-refractivity contribution in [3.05, 3.63) is 27.2 Å². The number of aromatic nitrogens is 4. The van der Waals surface area contributed by atoms with Gasteiger partial charge in [0, 0.05) is 26.7 Å². The summed E-state index contributed by atoms with van der Waals surface area (Å²) in [4.78, 5) is 43.4. The summed E-state index contributed by atoms with van der Waals surface area (Å²) in [7, 11) is -0.245. The van der Waals surface area contributed by atoms with Crippen molar-refractivity contribution < 1.29 is 13.2 Å². The Morgan fingerprint density at radius 3 is 2.56 bits per heavy atom. The van der Waals surface area contributed by atoms with Crippen molar-refractivity contribution >= 4 is 26.9 Å². The van der Waals surface area contributed by atoms with Crippen LogP contribution in [0.25, 0.3) is 11.2 Å². The predicted molar refractivity (Wildman–Crippen MR) is 99.4 cm³/mol. The SMILES string of the molecule is CCN(C(=O)[C@H](C)n1cnc2c1c(=O)n(C)c(=O)n2C)[C@H]1CCS(=O)(=O)C1. The van der Waals surface area contributed by atoms with Gasteiger partial charge in [0.15, 0.2) is 21.0 Å². The van der Waals surface area contributed by atoms with Gasteiger partial charge in [0.1, 0.15) is 6.04 Å². The lowest BCUT2D eigenvalue weighted by Gasteiger charge is -2.30. The maximum absolute atomic E-state index is 13.1. The van der Waals surface area contributed by atoms with Crippen LogP contribution in [0.15, 0.2) is 15.9 Å². The highest BCUT2D eigenvalue weighted by Crippen LogP contribution is 2.22. The molecule has 3 rings (SSSR count). The largest absolute Gasteiger partial charge is 0.337 e. The summed E-state index contributed by atoms with van der Waals surface area (Å²) in [5.41, 5.74) is -0.662. The van der Waals surface area contributed by atoms with Gasteiger partial charge in [-0.15, -0.1) is 0 Å². The van der Waals surface area contributed by atoms with Gasteiger partial charge in [-0.1, -0.05) is 0 Å². The second-order valence-corrected chi connectivity index (χ2v) is 9.12. The van der Waals surface area contributed by atoms with Gasteiger partial charge in [0.2, 0.25) is 5.91 Å². The summed E-state index contributed by atoms with van der Waals surface area (Å²) < 4.78 is 27.2. The molecule has 2 atom stereocenters. The lowest BCUT2D eigenvalue weighted by molar-refractivity contribution is -0.135. The fourth-order valence-corrected chi connectivity index (χ4v) is 5.36. The third-order valence-corrected chi connectivity index (χ3v) is 6.97. The van der Waals surface area contributed by atoms with E-state index in [9.17, 15) is 22.8 Å². The predicted octanol–water partition coefficient (Wildman–Crippen LogP) is -0.970. The molecular weight excluding hydrogens is 374 g/mol. The lowest BCUT2D eigenvalue weighted by atomic mass is 10.2. The zero-order valence-electron chi connectivity index (χ0n) is 15.7. The van der Waals surface area contributed by atoms with E-state index in [-0.39, 0.29) is 34.6 Å². The van der Waals surface area contributed by atoms with Crippen LogP contribution in [0.4, 0.5) is 0 Å². The second kappa shape index (κ2) is 6.63. The van der Waals surface area contributed by atoms with Gasteiger partial charge in [-0.2, -0.15) is 0 Å². The van der Waals surface area contributed by atoms with Crippen molar-refractivity contribution in [3.8, 4) is 0 Å². The Kier molecular flexibility index (Phi) is 4.74. The van der Waals surface area contributed by atoms with Crippen molar-refractivity contribution in [1.82, 2.24) is 23.6 Å². The molecule has 0 saturated carbocycles. The zero-order chi connectivity index (χ0) is 20.1. The van der Waals surface area contributed by atoms with E-state index in [1.807, 2.05) is 0 Å². The number of nitrogens with zero attached hydrogens (tertiary/aromatic N) is 5. The number of aryl methyl sites for hydroxylation is 1. The number of carbonyl (C=O) groups is 1. The van der Waals surface area contributed by atoms with E-state index in [1.54, 1.807) is 18.7 Å². The molecule has 1 aliphatic rings. The zero-order valence-corrected chi connectivity index (χ0v) is 16.6. The molecule has 3 heterocycles. The van der Waals surface area contributed by atoms with Gasteiger partial charge >= 0.3 is 5.69 Å². The van der Waals surface area contributed by atoms with Crippen molar-refractivity contribution in [2.24, 2.45) is 14.1 Å². The highest BCUT2D eigenvalue weighted by Gasteiger charge is 2.36. The minimum absolute atomic E-state index is 0.0414. The van der Waals surface area contributed by atoms with Crippen LogP contribution >= 0.6 is 0 Å². The molecule has 0 unspecified atom stereocenters. The van der Waals surface area contributed by atoms with E-state index >= 15 is 0 Å². The van der Waals surface area contributed by atoms with E-state index < -0.39 is 27.1 Å². The minimum atomic E-state index is -3.13. The number of sulfone groups is 1. The Labute approximate surface area is 155 Å².